The van der Waals surface area contributed by atoms with Crippen LogP contribution in [0.25, 0.3) is 21.9 Å². The summed E-state index contributed by atoms with van der Waals surface area (Å²) in [6.45, 7) is 4.27. The molecule has 1 aliphatic rings. The van der Waals surface area contributed by atoms with Crippen molar-refractivity contribution in [1.29, 1.82) is 0 Å². The maximum atomic E-state index is 6.27. The lowest BCUT2D eigenvalue weighted by atomic mass is 10.1. The third kappa shape index (κ3) is 1.83. The molecule has 0 fully saturated rings. The Bertz CT molecular complexity index is 1120. The van der Waals surface area contributed by atoms with Gasteiger partial charge < -0.3 is 9.32 Å². The van der Waals surface area contributed by atoms with E-state index in [1.54, 1.807) is 12.4 Å². The first-order valence-corrected chi connectivity index (χ1v) is 8.41. The van der Waals surface area contributed by atoms with Gasteiger partial charge in [-0.3, -0.25) is 4.90 Å². The monoisotopic (exact) mass is 330 g/mol. The number of anilines is 3. The van der Waals surface area contributed by atoms with Gasteiger partial charge in [0.1, 0.15) is 11.7 Å². The van der Waals surface area contributed by atoms with Crippen molar-refractivity contribution in [2.75, 3.05) is 16.8 Å². The van der Waals surface area contributed by atoms with Crippen molar-refractivity contribution in [2.24, 2.45) is 0 Å². The van der Waals surface area contributed by atoms with Gasteiger partial charge in [0, 0.05) is 30.2 Å². The summed E-state index contributed by atoms with van der Waals surface area (Å²) in [5, 5.41) is 2.27. The lowest BCUT2D eigenvalue weighted by molar-refractivity contribution is 0.660. The number of rotatable bonds is 1. The Morgan fingerprint density at radius 3 is 2.56 bits per heavy atom. The zero-order valence-electron chi connectivity index (χ0n) is 14.4. The highest BCUT2D eigenvalue weighted by Gasteiger charge is 2.36. The minimum atomic E-state index is 0.106. The quantitative estimate of drug-likeness (QED) is 0.509. The summed E-state index contributed by atoms with van der Waals surface area (Å²) >= 11 is 0. The highest BCUT2D eigenvalue weighted by atomic mass is 16.3. The standard InChI is InChI=1S/C20H18N4O/c1-12-8-9-15-14-6-4-5-7-16(14)25-18(15)17(12)24-13(2)23(3)19-20(24)22-11-10-21-19/h4-11,13H,1-3H3/t13-/m1/s1. The Hall–Kier alpha value is -3.08. The molecule has 5 rings (SSSR count). The van der Waals surface area contributed by atoms with Gasteiger partial charge in [0.25, 0.3) is 0 Å². The van der Waals surface area contributed by atoms with Crippen LogP contribution in [0.2, 0.25) is 0 Å². The molecule has 0 amide bonds. The van der Waals surface area contributed by atoms with E-state index in [9.17, 15) is 0 Å². The van der Waals surface area contributed by atoms with Gasteiger partial charge in [-0.2, -0.15) is 0 Å². The summed E-state index contributed by atoms with van der Waals surface area (Å²) in [4.78, 5) is 13.5. The molecule has 124 valence electrons. The van der Waals surface area contributed by atoms with E-state index in [0.29, 0.717) is 0 Å². The molecule has 25 heavy (non-hydrogen) atoms. The van der Waals surface area contributed by atoms with Crippen LogP contribution in [-0.2, 0) is 0 Å². The van der Waals surface area contributed by atoms with Gasteiger partial charge in [-0.15, -0.1) is 0 Å². The molecule has 3 heterocycles. The van der Waals surface area contributed by atoms with Crippen molar-refractivity contribution in [2.45, 2.75) is 20.0 Å². The van der Waals surface area contributed by atoms with Crippen molar-refractivity contribution in [1.82, 2.24) is 9.97 Å². The van der Waals surface area contributed by atoms with E-state index < -0.39 is 0 Å². The maximum Gasteiger partial charge on any atom is 0.178 e. The van der Waals surface area contributed by atoms with Crippen LogP contribution in [0.5, 0.6) is 0 Å². The smallest absolute Gasteiger partial charge is 0.178 e. The number of furan rings is 1. The van der Waals surface area contributed by atoms with E-state index in [1.165, 1.54) is 0 Å². The number of aryl methyl sites for hydroxylation is 1. The fourth-order valence-electron chi connectivity index (χ4n) is 3.73. The molecule has 1 atom stereocenters. The number of nitrogens with zero attached hydrogens (tertiary/aromatic N) is 4. The van der Waals surface area contributed by atoms with Crippen LogP contribution in [0.1, 0.15) is 12.5 Å². The molecule has 2 aromatic carbocycles. The predicted molar refractivity (Wildman–Crippen MR) is 100 cm³/mol. The average molecular weight is 330 g/mol. The third-order valence-electron chi connectivity index (χ3n) is 5.12. The second-order valence-electron chi connectivity index (χ2n) is 6.52. The van der Waals surface area contributed by atoms with Gasteiger partial charge in [0.05, 0.1) is 5.69 Å². The van der Waals surface area contributed by atoms with E-state index in [4.69, 9.17) is 4.42 Å². The van der Waals surface area contributed by atoms with E-state index in [0.717, 1.165) is 44.8 Å². The first kappa shape index (κ1) is 14.3. The second kappa shape index (κ2) is 4.96. The fraction of sp³-hybridized carbons (Fsp3) is 0.200. The van der Waals surface area contributed by atoms with Crippen LogP contribution < -0.4 is 9.80 Å². The van der Waals surface area contributed by atoms with Crippen molar-refractivity contribution in [3.8, 4) is 0 Å². The lowest BCUT2D eigenvalue weighted by Gasteiger charge is -2.27. The number of benzene rings is 2. The Morgan fingerprint density at radius 2 is 1.72 bits per heavy atom. The van der Waals surface area contributed by atoms with Crippen molar-refractivity contribution >= 4 is 39.3 Å². The predicted octanol–water partition coefficient (Wildman–Crippen LogP) is 4.62. The molecule has 0 saturated heterocycles. The molecule has 1 aliphatic heterocycles. The summed E-state index contributed by atoms with van der Waals surface area (Å²) in [6.07, 6.45) is 3.58. The van der Waals surface area contributed by atoms with Gasteiger partial charge in [-0.05, 0) is 25.5 Å². The molecule has 0 bridgehead atoms. The molecule has 5 nitrogen and oxygen atoms in total. The molecule has 0 saturated carbocycles. The Kier molecular flexibility index (Phi) is 2.83. The normalized spacial score (nSPS) is 16.8. The molecule has 4 aromatic rings. The molecule has 0 unspecified atom stereocenters. The van der Waals surface area contributed by atoms with Crippen LogP contribution in [0.15, 0.2) is 53.2 Å². The Morgan fingerprint density at radius 1 is 0.960 bits per heavy atom. The van der Waals surface area contributed by atoms with Gasteiger partial charge in [-0.25, -0.2) is 9.97 Å². The number of para-hydroxylation sites is 1. The Labute approximate surface area is 145 Å². The summed E-state index contributed by atoms with van der Waals surface area (Å²) in [5.41, 5.74) is 4.03. The van der Waals surface area contributed by atoms with Gasteiger partial charge in [-0.1, -0.05) is 30.3 Å². The van der Waals surface area contributed by atoms with Crippen LogP contribution in [0.4, 0.5) is 17.3 Å². The highest BCUT2D eigenvalue weighted by molar-refractivity contribution is 6.10. The van der Waals surface area contributed by atoms with Crippen molar-refractivity contribution in [3.63, 3.8) is 0 Å². The van der Waals surface area contributed by atoms with E-state index in [-0.39, 0.29) is 6.17 Å². The molecule has 0 radical (unpaired) electrons. The zero-order valence-corrected chi connectivity index (χ0v) is 14.4. The molecular formula is C20H18N4O. The maximum absolute atomic E-state index is 6.27. The number of aromatic nitrogens is 2. The minimum absolute atomic E-state index is 0.106. The van der Waals surface area contributed by atoms with Crippen LogP contribution in [0.3, 0.4) is 0 Å². The fourth-order valence-corrected chi connectivity index (χ4v) is 3.73. The molecule has 0 aliphatic carbocycles. The highest BCUT2D eigenvalue weighted by Crippen LogP contribution is 2.45. The molecule has 5 heteroatoms. The summed E-state index contributed by atoms with van der Waals surface area (Å²) in [7, 11) is 2.05. The van der Waals surface area contributed by atoms with Crippen LogP contribution >= 0.6 is 0 Å². The second-order valence-corrected chi connectivity index (χ2v) is 6.52. The van der Waals surface area contributed by atoms with Gasteiger partial charge in [0.2, 0.25) is 0 Å². The minimum Gasteiger partial charge on any atom is -0.454 e. The third-order valence-corrected chi connectivity index (χ3v) is 5.12. The largest absolute Gasteiger partial charge is 0.454 e. The first-order valence-electron chi connectivity index (χ1n) is 8.41. The zero-order chi connectivity index (χ0) is 17.1. The first-order chi connectivity index (χ1) is 12.2. The Balaban J connectivity index is 1.85. The summed E-state index contributed by atoms with van der Waals surface area (Å²) in [6, 6.07) is 12.5. The van der Waals surface area contributed by atoms with Crippen molar-refractivity contribution in [3.05, 3.63) is 54.4 Å². The number of hydrogen-bond donors (Lipinski definition) is 0. The van der Waals surface area contributed by atoms with Crippen LogP contribution in [-0.4, -0.2) is 23.2 Å². The van der Waals surface area contributed by atoms with Crippen LogP contribution in [0, 0.1) is 6.92 Å². The molecular weight excluding hydrogens is 312 g/mol. The van der Waals surface area contributed by atoms with E-state index >= 15 is 0 Å². The summed E-state index contributed by atoms with van der Waals surface area (Å²) < 4.78 is 6.27. The van der Waals surface area contributed by atoms with Gasteiger partial charge in [0.15, 0.2) is 17.2 Å². The van der Waals surface area contributed by atoms with E-state index in [2.05, 4.69) is 51.8 Å². The topological polar surface area (TPSA) is 45.4 Å². The number of hydrogen-bond acceptors (Lipinski definition) is 5. The van der Waals surface area contributed by atoms with Crippen molar-refractivity contribution < 1.29 is 4.42 Å². The molecule has 0 spiro atoms. The van der Waals surface area contributed by atoms with Gasteiger partial charge >= 0.3 is 0 Å². The molecule has 2 aromatic heterocycles. The lowest BCUT2D eigenvalue weighted by Crippen LogP contribution is -2.36. The molecule has 0 N–H and O–H groups in total. The number of fused-ring (bicyclic) bond motifs is 4. The SMILES string of the molecule is Cc1ccc2c(oc3ccccc32)c1N1c2nccnc2N(C)[C@H]1C. The van der Waals surface area contributed by atoms with E-state index in [1.807, 2.05) is 25.2 Å². The summed E-state index contributed by atoms with van der Waals surface area (Å²) in [5.74, 6) is 1.76. The average Bonchev–Trinajstić information content (AvgIpc) is 3.12.